The van der Waals surface area contributed by atoms with Crippen molar-refractivity contribution in [1.29, 1.82) is 0 Å². The van der Waals surface area contributed by atoms with E-state index in [1.165, 1.54) is 25.9 Å². The van der Waals surface area contributed by atoms with E-state index in [2.05, 4.69) is 5.32 Å². The lowest BCUT2D eigenvalue weighted by Crippen LogP contribution is -2.03. The van der Waals surface area contributed by atoms with Crippen LogP contribution in [-0.2, 0) is 9.59 Å². The summed E-state index contributed by atoms with van der Waals surface area (Å²) >= 11 is 0. The summed E-state index contributed by atoms with van der Waals surface area (Å²) in [5.74, 6) is -1.49. The van der Waals surface area contributed by atoms with Gasteiger partial charge in [-0.05, 0) is 25.9 Å². The van der Waals surface area contributed by atoms with Crippen LogP contribution < -0.4 is 5.32 Å². The van der Waals surface area contributed by atoms with Gasteiger partial charge < -0.3 is 15.5 Å². The number of carboxylic acids is 2. The van der Waals surface area contributed by atoms with E-state index in [9.17, 15) is 9.59 Å². The molecule has 0 radical (unpaired) electrons. The maximum atomic E-state index is 9.37. The fraction of sp³-hybridized carbons (Fsp3) is 0.800. The van der Waals surface area contributed by atoms with Crippen molar-refractivity contribution >= 4 is 11.9 Å². The van der Waals surface area contributed by atoms with Gasteiger partial charge in [0.05, 0.1) is 0 Å². The minimum atomic E-state index is -0.745. The zero-order valence-electron chi connectivity index (χ0n) is 9.45. The van der Waals surface area contributed by atoms with Gasteiger partial charge in [0.1, 0.15) is 0 Å². The van der Waals surface area contributed by atoms with Gasteiger partial charge in [0, 0.05) is 12.8 Å². The Labute approximate surface area is 90.5 Å². The average molecular weight is 219 g/mol. The Hall–Kier alpha value is -1.10. The molecule has 1 rings (SSSR count). The number of hydrogen-bond donors (Lipinski definition) is 3. The molecule has 0 aromatic heterocycles. The summed E-state index contributed by atoms with van der Waals surface area (Å²) in [6.45, 7) is 5.70. The molecule has 0 bridgehead atoms. The van der Waals surface area contributed by atoms with Crippen LogP contribution >= 0.6 is 0 Å². The normalized spacial score (nSPS) is 12.9. The minimum absolute atomic E-state index is 0.222. The zero-order chi connectivity index (χ0) is 12.1. The molecule has 5 nitrogen and oxygen atoms in total. The van der Waals surface area contributed by atoms with Gasteiger partial charge >= 0.3 is 11.9 Å². The fourth-order valence-corrected chi connectivity index (χ4v) is 0.625. The number of rotatable bonds is 2. The maximum Gasteiger partial charge on any atom is 0.303 e. The Bertz CT molecular complexity index is 145. The molecule has 1 aliphatic heterocycles. The van der Waals surface area contributed by atoms with Gasteiger partial charge in [0.2, 0.25) is 0 Å². The lowest BCUT2D eigenvalue weighted by Gasteiger charge is -1.76. The van der Waals surface area contributed by atoms with Crippen molar-refractivity contribution < 1.29 is 19.8 Å². The summed E-state index contributed by atoms with van der Waals surface area (Å²) in [7, 11) is 0. The third-order valence-electron chi connectivity index (χ3n) is 1.56. The highest BCUT2D eigenvalue weighted by Gasteiger charge is 1.93. The molecule has 0 atom stereocenters. The third kappa shape index (κ3) is 24.6. The van der Waals surface area contributed by atoms with Gasteiger partial charge in [0.15, 0.2) is 0 Å². The van der Waals surface area contributed by atoms with Crippen LogP contribution in [0.1, 0.15) is 39.5 Å². The van der Waals surface area contributed by atoms with E-state index < -0.39 is 11.9 Å². The van der Waals surface area contributed by atoms with Crippen LogP contribution in [0.4, 0.5) is 0 Å². The van der Waals surface area contributed by atoms with Crippen molar-refractivity contribution in [3.05, 3.63) is 0 Å². The Balaban J connectivity index is 0. The molecule has 1 fully saturated rings. The third-order valence-corrected chi connectivity index (χ3v) is 1.56. The van der Waals surface area contributed by atoms with Crippen LogP contribution in [-0.4, -0.2) is 35.2 Å². The van der Waals surface area contributed by atoms with Crippen LogP contribution in [0, 0.1) is 0 Å². The van der Waals surface area contributed by atoms with E-state index in [4.69, 9.17) is 10.2 Å². The molecule has 1 saturated heterocycles. The lowest BCUT2D eigenvalue weighted by molar-refractivity contribution is -0.137. The van der Waals surface area contributed by atoms with Gasteiger partial charge in [-0.1, -0.05) is 13.8 Å². The molecule has 0 unspecified atom stereocenters. The predicted octanol–water partition coefficient (Wildman–Crippen LogP) is 1.33. The van der Waals surface area contributed by atoms with Crippen molar-refractivity contribution in [2.75, 3.05) is 13.1 Å². The number of aliphatic carboxylic acids is 2. The molecule has 0 spiro atoms. The van der Waals surface area contributed by atoms with E-state index in [0.717, 1.165) is 0 Å². The lowest BCUT2D eigenvalue weighted by atomic mass is 10.4. The first-order valence-corrected chi connectivity index (χ1v) is 5.18. The molecule has 1 heterocycles. The fourth-order valence-electron chi connectivity index (χ4n) is 0.625. The second-order valence-corrected chi connectivity index (χ2v) is 2.95. The quantitative estimate of drug-likeness (QED) is 0.652. The number of nitrogens with one attached hydrogen (secondary N) is 1. The van der Waals surface area contributed by atoms with Crippen LogP contribution in [0.3, 0.4) is 0 Å². The summed E-state index contributed by atoms with van der Waals surface area (Å²) in [5, 5.41) is 18.7. The van der Waals surface area contributed by atoms with Gasteiger partial charge in [0.25, 0.3) is 0 Å². The molecular formula is C10H21NO4. The zero-order valence-corrected chi connectivity index (χ0v) is 9.45. The second-order valence-electron chi connectivity index (χ2n) is 2.95. The van der Waals surface area contributed by atoms with Crippen molar-refractivity contribution in [2.24, 2.45) is 0 Å². The molecular weight excluding hydrogens is 198 g/mol. The summed E-state index contributed by atoms with van der Waals surface area (Å²) in [6, 6.07) is 0. The Morgan fingerprint density at radius 3 is 1.33 bits per heavy atom. The first kappa shape index (κ1) is 16.3. The average Bonchev–Trinajstić information content (AvgIpc) is 2.76. The van der Waals surface area contributed by atoms with E-state index >= 15 is 0 Å². The van der Waals surface area contributed by atoms with E-state index in [1.807, 2.05) is 0 Å². The molecule has 5 heteroatoms. The second kappa shape index (κ2) is 12.9. The first-order chi connectivity index (χ1) is 7.04. The smallest absolute Gasteiger partial charge is 0.303 e. The molecule has 0 saturated carbocycles. The Kier molecular flexibility index (Phi) is 14.0. The highest BCUT2D eigenvalue weighted by molar-refractivity contribution is 5.66. The summed E-state index contributed by atoms with van der Waals surface area (Å²) in [6.07, 6.45) is 3.22. The van der Waals surface area contributed by atoms with Gasteiger partial charge in [-0.3, -0.25) is 9.59 Å². The molecule has 0 amide bonds. The SMILES string of the molecule is C1CCNC1.CCC(=O)O.CCC(=O)O. The predicted molar refractivity (Wildman–Crippen MR) is 58.0 cm³/mol. The largest absolute Gasteiger partial charge is 0.481 e. The summed E-state index contributed by atoms with van der Waals surface area (Å²) in [4.78, 5) is 18.7. The van der Waals surface area contributed by atoms with Crippen molar-refractivity contribution in [1.82, 2.24) is 5.32 Å². The Morgan fingerprint density at radius 2 is 1.27 bits per heavy atom. The van der Waals surface area contributed by atoms with Crippen molar-refractivity contribution in [2.45, 2.75) is 39.5 Å². The standard InChI is InChI=1S/C4H9N.2C3H6O2/c1-2-4-5-3-1;2*1-2-3(4)5/h5H,1-4H2;2*2H2,1H3,(H,4,5). The van der Waals surface area contributed by atoms with E-state index in [-0.39, 0.29) is 12.8 Å². The molecule has 3 N–H and O–H groups in total. The topological polar surface area (TPSA) is 86.6 Å². The maximum absolute atomic E-state index is 9.37. The molecule has 0 aromatic rings. The molecule has 15 heavy (non-hydrogen) atoms. The number of hydrogen-bond acceptors (Lipinski definition) is 3. The van der Waals surface area contributed by atoms with Crippen LogP contribution in [0.5, 0.6) is 0 Å². The molecule has 0 aliphatic carbocycles. The summed E-state index contributed by atoms with van der Waals surface area (Å²) in [5.41, 5.74) is 0. The minimum Gasteiger partial charge on any atom is -0.481 e. The van der Waals surface area contributed by atoms with Crippen LogP contribution in [0.25, 0.3) is 0 Å². The molecule has 90 valence electrons. The summed E-state index contributed by atoms with van der Waals surface area (Å²) < 4.78 is 0. The monoisotopic (exact) mass is 219 g/mol. The highest BCUT2D eigenvalue weighted by Crippen LogP contribution is 1.90. The highest BCUT2D eigenvalue weighted by atomic mass is 16.4. The molecule has 1 aliphatic rings. The van der Waals surface area contributed by atoms with Gasteiger partial charge in [-0.25, -0.2) is 0 Å². The van der Waals surface area contributed by atoms with Crippen LogP contribution in [0.15, 0.2) is 0 Å². The number of carbonyl (C=O) groups is 2. The Morgan fingerprint density at radius 1 is 1.00 bits per heavy atom. The van der Waals surface area contributed by atoms with Crippen molar-refractivity contribution in [3.8, 4) is 0 Å². The van der Waals surface area contributed by atoms with E-state index in [0.29, 0.717) is 0 Å². The van der Waals surface area contributed by atoms with Crippen molar-refractivity contribution in [3.63, 3.8) is 0 Å². The van der Waals surface area contributed by atoms with Crippen LogP contribution in [0.2, 0.25) is 0 Å². The van der Waals surface area contributed by atoms with Gasteiger partial charge in [-0.15, -0.1) is 0 Å². The first-order valence-electron chi connectivity index (χ1n) is 5.18. The van der Waals surface area contributed by atoms with E-state index in [1.54, 1.807) is 13.8 Å². The molecule has 0 aromatic carbocycles. The number of carboxylic acid groups (broad SMARTS) is 2. The van der Waals surface area contributed by atoms with Gasteiger partial charge in [-0.2, -0.15) is 0 Å².